The van der Waals surface area contributed by atoms with E-state index in [2.05, 4.69) is 72.1 Å². The molecule has 3 nitrogen and oxygen atoms in total. The molecule has 0 saturated carbocycles. The highest BCUT2D eigenvalue weighted by atomic mass is 16.4. The molecule has 3 heteroatoms. The number of anilines is 1. The maximum absolute atomic E-state index is 11.5. The summed E-state index contributed by atoms with van der Waals surface area (Å²) in [7, 11) is 0. The molecule has 0 unspecified atom stereocenters. The van der Waals surface area contributed by atoms with E-state index in [9.17, 15) is 9.90 Å². The standard InChI is InChI=1S/C27H21NO2/c29-27(30)18-12-13-24-23(15-18)21-10-5-11-22(21)26(28-24)25-19-8-3-1-6-16(19)14-17-7-2-4-9-20(17)25/h1-10,12-15,21-22,26,28H,11H2,(H,29,30)/t21-,22+,26-/m1/s1. The molecule has 1 aliphatic heterocycles. The van der Waals surface area contributed by atoms with Crippen LogP contribution in [-0.2, 0) is 0 Å². The summed E-state index contributed by atoms with van der Waals surface area (Å²) in [4.78, 5) is 11.5. The van der Waals surface area contributed by atoms with Gasteiger partial charge < -0.3 is 10.4 Å². The van der Waals surface area contributed by atoms with Crippen molar-refractivity contribution in [3.05, 3.63) is 102 Å². The first-order valence-corrected chi connectivity index (χ1v) is 10.4. The van der Waals surface area contributed by atoms with Gasteiger partial charge in [0.25, 0.3) is 0 Å². The van der Waals surface area contributed by atoms with E-state index in [0.717, 1.165) is 17.7 Å². The Labute approximate surface area is 174 Å². The molecule has 0 aromatic heterocycles. The van der Waals surface area contributed by atoms with Crippen molar-refractivity contribution in [3.8, 4) is 0 Å². The van der Waals surface area contributed by atoms with Crippen molar-refractivity contribution in [2.45, 2.75) is 18.4 Å². The fourth-order valence-electron chi connectivity index (χ4n) is 5.40. The molecule has 3 atom stereocenters. The SMILES string of the molecule is O=C(O)c1ccc2c(c1)[C@@H]1C=CC[C@@H]1[C@H](c1c3ccccc3cc3ccccc13)N2. The third kappa shape index (κ3) is 2.48. The molecule has 2 aliphatic rings. The molecule has 30 heavy (non-hydrogen) atoms. The van der Waals surface area contributed by atoms with Crippen molar-refractivity contribution in [1.82, 2.24) is 0 Å². The number of carboxylic acids is 1. The van der Waals surface area contributed by atoms with Crippen LogP contribution < -0.4 is 5.32 Å². The van der Waals surface area contributed by atoms with Crippen molar-refractivity contribution < 1.29 is 9.90 Å². The van der Waals surface area contributed by atoms with Gasteiger partial charge in [-0.2, -0.15) is 0 Å². The van der Waals surface area contributed by atoms with Gasteiger partial charge in [-0.15, -0.1) is 0 Å². The number of hydrogen-bond acceptors (Lipinski definition) is 2. The second-order valence-corrected chi connectivity index (χ2v) is 8.32. The normalized spacial score (nSPS) is 21.9. The summed E-state index contributed by atoms with van der Waals surface area (Å²) in [5.74, 6) is -0.294. The number of benzene rings is 4. The first kappa shape index (κ1) is 17.3. The molecule has 1 aliphatic carbocycles. The van der Waals surface area contributed by atoms with E-state index in [-0.39, 0.29) is 12.0 Å². The zero-order chi connectivity index (χ0) is 20.2. The minimum atomic E-state index is -0.876. The van der Waals surface area contributed by atoms with Crippen LogP contribution in [0.25, 0.3) is 21.5 Å². The Morgan fingerprint density at radius 1 is 0.900 bits per heavy atom. The number of carbonyl (C=O) groups is 1. The van der Waals surface area contributed by atoms with Gasteiger partial charge in [-0.3, -0.25) is 0 Å². The highest BCUT2D eigenvalue weighted by molar-refractivity contribution is 6.03. The average molecular weight is 391 g/mol. The van der Waals surface area contributed by atoms with Crippen molar-refractivity contribution in [3.63, 3.8) is 0 Å². The van der Waals surface area contributed by atoms with Crippen molar-refractivity contribution in [2.24, 2.45) is 5.92 Å². The lowest BCUT2D eigenvalue weighted by Gasteiger charge is -2.38. The summed E-state index contributed by atoms with van der Waals surface area (Å²) < 4.78 is 0. The molecule has 0 bridgehead atoms. The number of carboxylic acid groups (broad SMARTS) is 1. The highest BCUT2D eigenvalue weighted by Crippen LogP contribution is 2.52. The largest absolute Gasteiger partial charge is 0.478 e. The zero-order valence-electron chi connectivity index (χ0n) is 16.4. The van der Waals surface area contributed by atoms with Gasteiger partial charge in [0.15, 0.2) is 0 Å². The lowest BCUT2D eigenvalue weighted by molar-refractivity contribution is 0.0696. The Morgan fingerprint density at radius 3 is 2.30 bits per heavy atom. The van der Waals surface area contributed by atoms with E-state index >= 15 is 0 Å². The Bertz CT molecular complexity index is 1300. The predicted octanol–water partition coefficient (Wildman–Crippen LogP) is 6.52. The minimum absolute atomic E-state index is 0.157. The molecule has 0 spiro atoms. The molecule has 0 saturated heterocycles. The molecule has 4 aromatic carbocycles. The molecule has 4 aromatic rings. The molecule has 0 fully saturated rings. The quantitative estimate of drug-likeness (QED) is 0.302. The number of nitrogens with one attached hydrogen (secondary N) is 1. The van der Waals surface area contributed by atoms with Gasteiger partial charge in [0.1, 0.15) is 0 Å². The number of allylic oxidation sites excluding steroid dienone is 2. The molecular weight excluding hydrogens is 370 g/mol. The van der Waals surface area contributed by atoms with E-state index in [0.29, 0.717) is 11.5 Å². The zero-order valence-corrected chi connectivity index (χ0v) is 16.4. The van der Waals surface area contributed by atoms with E-state index in [4.69, 9.17) is 0 Å². The summed E-state index contributed by atoms with van der Waals surface area (Å²) >= 11 is 0. The maximum atomic E-state index is 11.5. The van der Waals surface area contributed by atoms with Crippen LogP contribution in [0.3, 0.4) is 0 Å². The summed E-state index contributed by atoms with van der Waals surface area (Å²) in [5.41, 5.74) is 3.82. The first-order valence-electron chi connectivity index (χ1n) is 10.4. The van der Waals surface area contributed by atoms with E-state index in [1.54, 1.807) is 6.07 Å². The Morgan fingerprint density at radius 2 is 1.60 bits per heavy atom. The van der Waals surface area contributed by atoms with Gasteiger partial charge in [-0.05, 0) is 69.3 Å². The second kappa shape index (κ2) is 6.46. The number of fused-ring (bicyclic) bond motifs is 5. The van der Waals surface area contributed by atoms with Crippen LogP contribution in [0, 0.1) is 5.92 Å². The van der Waals surface area contributed by atoms with Crippen LogP contribution in [0.2, 0.25) is 0 Å². The molecule has 0 radical (unpaired) electrons. The predicted molar refractivity (Wildman–Crippen MR) is 121 cm³/mol. The average Bonchev–Trinajstić information content (AvgIpc) is 3.27. The van der Waals surface area contributed by atoms with Crippen molar-refractivity contribution >= 4 is 33.2 Å². The molecule has 146 valence electrons. The van der Waals surface area contributed by atoms with Crippen molar-refractivity contribution in [2.75, 3.05) is 5.32 Å². The number of aromatic carboxylic acids is 1. The maximum Gasteiger partial charge on any atom is 0.335 e. The molecule has 1 heterocycles. The topological polar surface area (TPSA) is 49.3 Å². The third-order valence-corrected chi connectivity index (χ3v) is 6.73. The highest BCUT2D eigenvalue weighted by Gasteiger charge is 2.39. The van der Waals surface area contributed by atoms with Gasteiger partial charge in [0, 0.05) is 11.6 Å². The van der Waals surface area contributed by atoms with Gasteiger partial charge in [0.2, 0.25) is 0 Å². The number of hydrogen-bond donors (Lipinski definition) is 2. The van der Waals surface area contributed by atoms with Crippen LogP contribution in [0.1, 0.15) is 39.9 Å². The van der Waals surface area contributed by atoms with Gasteiger partial charge in [0.05, 0.1) is 11.6 Å². The van der Waals surface area contributed by atoms with E-state index in [1.165, 1.54) is 27.1 Å². The smallest absolute Gasteiger partial charge is 0.335 e. The van der Waals surface area contributed by atoms with Gasteiger partial charge >= 0.3 is 5.97 Å². The van der Waals surface area contributed by atoms with Gasteiger partial charge in [-0.25, -0.2) is 4.79 Å². The Balaban J connectivity index is 1.60. The summed E-state index contributed by atoms with van der Waals surface area (Å²) in [5, 5.41) is 18.3. The van der Waals surface area contributed by atoms with Crippen LogP contribution >= 0.6 is 0 Å². The lowest BCUT2D eigenvalue weighted by atomic mass is 9.75. The monoisotopic (exact) mass is 391 g/mol. The van der Waals surface area contributed by atoms with E-state index < -0.39 is 5.97 Å². The molecule has 6 rings (SSSR count). The van der Waals surface area contributed by atoms with Crippen LogP contribution in [0.4, 0.5) is 5.69 Å². The van der Waals surface area contributed by atoms with Gasteiger partial charge in [-0.1, -0.05) is 60.7 Å². The minimum Gasteiger partial charge on any atom is -0.478 e. The summed E-state index contributed by atoms with van der Waals surface area (Å²) in [6.07, 6.45) is 5.49. The molecule has 2 N–H and O–H groups in total. The fourth-order valence-corrected chi connectivity index (χ4v) is 5.40. The summed E-state index contributed by atoms with van der Waals surface area (Å²) in [6.45, 7) is 0. The number of rotatable bonds is 2. The van der Waals surface area contributed by atoms with Crippen LogP contribution in [0.15, 0.2) is 84.9 Å². The Kier molecular flexibility index (Phi) is 3.72. The Hall–Kier alpha value is -3.59. The lowest BCUT2D eigenvalue weighted by Crippen LogP contribution is -2.29. The fraction of sp³-hybridized carbons (Fsp3) is 0.148. The van der Waals surface area contributed by atoms with E-state index in [1.807, 2.05) is 12.1 Å². The van der Waals surface area contributed by atoms with Crippen LogP contribution in [-0.4, -0.2) is 11.1 Å². The van der Waals surface area contributed by atoms with Crippen LogP contribution in [0.5, 0.6) is 0 Å². The second-order valence-electron chi connectivity index (χ2n) is 8.32. The molecule has 0 amide bonds. The molecular formula is C27H21NO2. The van der Waals surface area contributed by atoms with Crippen molar-refractivity contribution in [1.29, 1.82) is 0 Å². The third-order valence-electron chi connectivity index (χ3n) is 6.73. The summed E-state index contributed by atoms with van der Waals surface area (Å²) in [6, 6.07) is 25.1. The first-order chi connectivity index (χ1) is 14.7.